The van der Waals surface area contributed by atoms with Gasteiger partial charge in [-0.1, -0.05) is 116 Å². The summed E-state index contributed by atoms with van der Waals surface area (Å²) in [4.78, 5) is 22.4. The zero-order chi connectivity index (χ0) is 33.5. The Bertz CT molecular complexity index is 1540. The highest BCUT2D eigenvalue weighted by Gasteiger charge is 2.39. The fourth-order valence-electron chi connectivity index (χ4n) is 5.62. The van der Waals surface area contributed by atoms with Crippen LogP contribution in [-0.2, 0) is 32.4 Å². The highest BCUT2D eigenvalue weighted by atomic mass is 16.6. The minimum atomic E-state index is -1.26. The van der Waals surface area contributed by atoms with Crippen LogP contribution < -0.4 is 10.1 Å². The van der Waals surface area contributed by atoms with Crippen LogP contribution >= 0.6 is 0 Å². The second-order valence-corrected chi connectivity index (χ2v) is 14.1. The van der Waals surface area contributed by atoms with Crippen LogP contribution in [0, 0.1) is 0 Å². The summed E-state index contributed by atoms with van der Waals surface area (Å²) in [6.07, 6.45) is 6.65. The van der Waals surface area contributed by atoms with Crippen LogP contribution in [0.15, 0.2) is 70.6 Å². The zero-order valence-corrected chi connectivity index (χ0v) is 28.9. The number of hydrogen-bond acceptors (Lipinski definition) is 7. The number of phenolic OH excluding ortho intramolecular Hbond substituents is 1. The van der Waals surface area contributed by atoms with Crippen molar-refractivity contribution in [2.75, 3.05) is 13.2 Å². The molecular weight excluding hydrogens is 574 g/mol. The number of rotatable bonds is 12. The van der Waals surface area contributed by atoms with Crippen molar-refractivity contribution in [2.24, 2.45) is 9.98 Å². The van der Waals surface area contributed by atoms with Gasteiger partial charge in [0.2, 0.25) is 5.66 Å². The summed E-state index contributed by atoms with van der Waals surface area (Å²) in [6, 6.07) is 20.3. The van der Waals surface area contributed by atoms with Gasteiger partial charge in [-0.2, -0.15) is 0 Å². The summed E-state index contributed by atoms with van der Waals surface area (Å²) in [5.41, 5.74) is 4.34. The number of aliphatic imine (C=N–C) groups is 2. The minimum Gasteiger partial charge on any atom is -0.507 e. The van der Waals surface area contributed by atoms with E-state index < -0.39 is 11.6 Å². The molecule has 1 unspecified atom stereocenters. The molecule has 1 aliphatic heterocycles. The van der Waals surface area contributed by atoms with Gasteiger partial charge in [-0.15, -0.1) is 0 Å². The fourth-order valence-corrected chi connectivity index (χ4v) is 5.62. The van der Waals surface area contributed by atoms with Crippen LogP contribution in [0.4, 0.5) is 0 Å². The number of ether oxygens (including phenoxy) is 2. The van der Waals surface area contributed by atoms with Crippen LogP contribution in [0.25, 0.3) is 0 Å². The summed E-state index contributed by atoms with van der Waals surface area (Å²) >= 11 is 0. The van der Waals surface area contributed by atoms with E-state index >= 15 is 0 Å². The molecule has 0 saturated heterocycles. The number of aromatic hydroxyl groups is 1. The number of aryl methyl sites for hydroxylation is 1. The van der Waals surface area contributed by atoms with Crippen LogP contribution in [0.5, 0.6) is 11.5 Å². The van der Waals surface area contributed by atoms with Gasteiger partial charge in [-0.25, -0.2) is 14.8 Å². The van der Waals surface area contributed by atoms with Crippen LogP contribution in [0.3, 0.4) is 0 Å². The average molecular weight is 626 g/mol. The zero-order valence-electron chi connectivity index (χ0n) is 28.9. The van der Waals surface area contributed by atoms with E-state index in [4.69, 9.17) is 19.5 Å². The molecule has 0 aliphatic carbocycles. The quantitative estimate of drug-likeness (QED) is 0.156. The standard InChI is InChI=1S/C39H51N3O4/c1-9-11-12-13-14-28-23-32(33(43)24-34(28)46-25-35(44)45-10-2)39(31-21-19-30(20-22-31)38(6,7)8)41-26-40-36(42-39)27-15-17-29(18-16-27)37(3,4)5/h15-24,26,43H,9-14,25H2,1-8H3,(H,40,41,42). The molecule has 0 spiro atoms. The lowest BCUT2D eigenvalue weighted by Gasteiger charge is -2.32. The normalized spacial score (nSPS) is 16.5. The predicted octanol–water partition coefficient (Wildman–Crippen LogP) is 8.33. The maximum atomic E-state index is 12.2. The Morgan fingerprint density at radius 1 is 0.870 bits per heavy atom. The summed E-state index contributed by atoms with van der Waals surface area (Å²) in [5, 5.41) is 14.9. The van der Waals surface area contributed by atoms with Gasteiger partial charge < -0.3 is 19.9 Å². The van der Waals surface area contributed by atoms with E-state index in [0.717, 1.165) is 48.8 Å². The number of phenols is 1. The largest absolute Gasteiger partial charge is 0.507 e. The number of amidine groups is 1. The second-order valence-electron chi connectivity index (χ2n) is 14.1. The van der Waals surface area contributed by atoms with Crippen molar-refractivity contribution >= 4 is 18.1 Å². The third-order valence-corrected chi connectivity index (χ3v) is 8.41. The maximum Gasteiger partial charge on any atom is 0.344 e. The lowest BCUT2D eigenvalue weighted by molar-refractivity contribution is -0.145. The van der Waals surface area contributed by atoms with Crippen molar-refractivity contribution < 1.29 is 19.4 Å². The molecule has 246 valence electrons. The smallest absolute Gasteiger partial charge is 0.344 e. The molecule has 4 rings (SSSR count). The molecular formula is C39H51N3O4. The molecule has 0 aromatic heterocycles. The maximum absolute atomic E-state index is 12.2. The number of nitrogens with zero attached hydrogens (tertiary/aromatic N) is 2. The first-order chi connectivity index (χ1) is 21.8. The third-order valence-electron chi connectivity index (χ3n) is 8.41. The van der Waals surface area contributed by atoms with E-state index in [-0.39, 0.29) is 29.8 Å². The summed E-state index contributed by atoms with van der Waals surface area (Å²) in [7, 11) is 0. The number of esters is 1. The molecule has 46 heavy (non-hydrogen) atoms. The molecule has 0 bridgehead atoms. The van der Waals surface area contributed by atoms with Gasteiger partial charge in [0.15, 0.2) is 6.61 Å². The Balaban J connectivity index is 1.88. The molecule has 0 fully saturated rings. The van der Waals surface area contributed by atoms with Crippen molar-refractivity contribution in [3.8, 4) is 11.5 Å². The number of carbonyl (C=O) groups is 1. The molecule has 0 amide bonds. The van der Waals surface area contributed by atoms with Gasteiger partial charge >= 0.3 is 5.97 Å². The molecule has 3 aromatic carbocycles. The molecule has 1 atom stereocenters. The van der Waals surface area contributed by atoms with Crippen molar-refractivity contribution in [1.29, 1.82) is 0 Å². The highest BCUT2D eigenvalue weighted by Crippen LogP contribution is 2.44. The van der Waals surface area contributed by atoms with Crippen molar-refractivity contribution in [1.82, 2.24) is 5.32 Å². The molecule has 1 aliphatic rings. The molecule has 1 heterocycles. The van der Waals surface area contributed by atoms with Gasteiger partial charge in [0.05, 0.1) is 12.9 Å². The molecule has 7 heteroatoms. The number of carbonyl (C=O) groups excluding carboxylic acids is 1. The van der Waals surface area contributed by atoms with E-state index in [2.05, 4.69) is 102 Å². The Morgan fingerprint density at radius 3 is 2.09 bits per heavy atom. The predicted molar refractivity (Wildman–Crippen MR) is 187 cm³/mol. The molecule has 0 saturated carbocycles. The summed E-state index contributed by atoms with van der Waals surface area (Å²) in [5.74, 6) is 0.653. The fraction of sp³-hybridized carbons (Fsp3) is 0.462. The van der Waals surface area contributed by atoms with Gasteiger partial charge in [0, 0.05) is 22.8 Å². The van der Waals surface area contributed by atoms with Gasteiger partial charge in [-0.3, -0.25) is 0 Å². The first-order valence-corrected chi connectivity index (χ1v) is 16.5. The van der Waals surface area contributed by atoms with E-state index in [9.17, 15) is 9.90 Å². The second kappa shape index (κ2) is 14.5. The molecule has 2 N–H and O–H groups in total. The van der Waals surface area contributed by atoms with E-state index in [1.807, 2.05) is 6.07 Å². The Kier molecular flexibility index (Phi) is 11.0. The Labute approximate surface area is 275 Å². The number of hydrogen-bond donors (Lipinski definition) is 2. The topological polar surface area (TPSA) is 92.5 Å². The number of unbranched alkanes of at least 4 members (excludes halogenated alkanes) is 3. The minimum absolute atomic E-state index is 0.0127. The highest BCUT2D eigenvalue weighted by molar-refractivity contribution is 6.06. The first-order valence-electron chi connectivity index (χ1n) is 16.5. The Morgan fingerprint density at radius 2 is 1.50 bits per heavy atom. The third kappa shape index (κ3) is 8.17. The number of benzene rings is 3. The summed E-state index contributed by atoms with van der Waals surface area (Å²) < 4.78 is 11.0. The van der Waals surface area contributed by atoms with Crippen molar-refractivity contribution in [3.63, 3.8) is 0 Å². The lowest BCUT2D eigenvalue weighted by atomic mass is 9.83. The molecule has 3 aromatic rings. The van der Waals surface area contributed by atoms with Crippen molar-refractivity contribution in [2.45, 2.75) is 104 Å². The van der Waals surface area contributed by atoms with E-state index in [0.29, 0.717) is 17.1 Å². The lowest BCUT2D eigenvalue weighted by Crippen LogP contribution is -2.36. The first kappa shape index (κ1) is 34.7. The summed E-state index contributed by atoms with van der Waals surface area (Å²) in [6.45, 7) is 17.1. The van der Waals surface area contributed by atoms with E-state index in [1.165, 1.54) is 11.1 Å². The SMILES string of the molecule is CCCCCCc1cc(C2(c3ccc(C(C)(C)C)cc3)N=CNC(c3ccc(C(C)(C)C)cc3)=N2)c(O)cc1OCC(=O)OCC. The monoisotopic (exact) mass is 625 g/mol. The molecule has 7 nitrogen and oxygen atoms in total. The average Bonchev–Trinajstić information content (AvgIpc) is 3.02. The van der Waals surface area contributed by atoms with Crippen LogP contribution in [-0.4, -0.2) is 36.5 Å². The van der Waals surface area contributed by atoms with E-state index in [1.54, 1.807) is 19.3 Å². The van der Waals surface area contributed by atoms with Gasteiger partial charge in [-0.05, 0) is 53.4 Å². The Hall–Kier alpha value is -4.13. The number of nitrogens with one attached hydrogen (secondary N) is 1. The van der Waals surface area contributed by atoms with Crippen LogP contribution in [0.1, 0.15) is 114 Å². The van der Waals surface area contributed by atoms with Gasteiger partial charge in [0.1, 0.15) is 17.3 Å². The van der Waals surface area contributed by atoms with Crippen molar-refractivity contribution in [3.05, 3.63) is 94.0 Å². The van der Waals surface area contributed by atoms with Crippen LogP contribution in [0.2, 0.25) is 0 Å². The molecule has 0 radical (unpaired) electrons. The van der Waals surface area contributed by atoms with Gasteiger partial charge in [0.25, 0.3) is 0 Å².